The Morgan fingerprint density at radius 2 is 1.52 bits per heavy atom. The number of carboxylic acid groups (broad SMARTS) is 1. The van der Waals surface area contributed by atoms with Crippen molar-refractivity contribution in [3.8, 4) is 11.5 Å². The van der Waals surface area contributed by atoms with Gasteiger partial charge in [0.05, 0.1) is 20.6 Å². The SMILES string of the molecule is COc1cc(C(C)(F)F)c(C(C)(C)CC(=O)O)cc1OC. The molecule has 0 saturated carbocycles. The molecule has 1 aromatic rings. The van der Waals surface area contributed by atoms with E-state index in [1.165, 1.54) is 26.4 Å². The van der Waals surface area contributed by atoms with Gasteiger partial charge in [-0.1, -0.05) is 13.8 Å². The molecule has 0 saturated heterocycles. The molecule has 0 aromatic heterocycles. The molecule has 0 amide bonds. The van der Waals surface area contributed by atoms with Crippen molar-refractivity contribution in [1.29, 1.82) is 0 Å². The summed E-state index contributed by atoms with van der Waals surface area (Å²) in [4.78, 5) is 11.0. The molecular weight excluding hydrogens is 282 g/mol. The molecule has 0 bridgehead atoms. The van der Waals surface area contributed by atoms with E-state index in [2.05, 4.69) is 0 Å². The van der Waals surface area contributed by atoms with Crippen molar-refractivity contribution in [2.75, 3.05) is 14.2 Å². The number of halogens is 2. The Balaban J connectivity index is 3.58. The standard InChI is InChI=1S/C15H20F2O4/c1-14(2,8-13(18)19)9-6-11(20-4)12(21-5)7-10(9)15(3,16)17/h6-7H,8H2,1-5H3,(H,18,19). The molecule has 0 atom stereocenters. The van der Waals surface area contributed by atoms with Crippen molar-refractivity contribution in [3.05, 3.63) is 23.3 Å². The fraction of sp³-hybridized carbons (Fsp3) is 0.533. The summed E-state index contributed by atoms with van der Waals surface area (Å²) in [5.74, 6) is -3.70. The van der Waals surface area contributed by atoms with Gasteiger partial charge in [0.2, 0.25) is 0 Å². The Kier molecular flexibility index (Phi) is 4.81. The number of benzene rings is 1. The van der Waals surface area contributed by atoms with Crippen LogP contribution in [0.25, 0.3) is 0 Å². The van der Waals surface area contributed by atoms with Crippen LogP contribution in [-0.4, -0.2) is 25.3 Å². The van der Waals surface area contributed by atoms with E-state index in [0.717, 1.165) is 6.92 Å². The van der Waals surface area contributed by atoms with Gasteiger partial charge in [-0.05, 0) is 17.7 Å². The lowest BCUT2D eigenvalue weighted by molar-refractivity contribution is -0.138. The van der Waals surface area contributed by atoms with Gasteiger partial charge in [-0.15, -0.1) is 0 Å². The molecule has 0 aliphatic heterocycles. The Labute approximate surface area is 122 Å². The molecule has 0 unspecified atom stereocenters. The number of ether oxygens (including phenoxy) is 2. The van der Waals surface area contributed by atoms with Crippen LogP contribution in [0.1, 0.15) is 38.3 Å². The highest BCUT2D eigenvalue weighted by atomic mass is 19.3. The van der Waals surface area contributed by atoms with E-state index in [1.54, 1.807) is 13.8 Å². The van der Waals surface area contributed by atoms with Crippen molar-refractivity contribution < 1.29 is 28.2 Å². The molecule has 1 N–H and O–H groups in total. The predicted octanol–water partition coefficient (Wildman–Crippen LogP) is 3.57. The lowest BCUT2D eigenvalue weighted by Gasteiger charge is -2.29. The second-order valence-corrected chi connectivity index (χ2v) is 5.60. The maximum atomic E-state index is 13.9. The van der Waals surface area contributed by atoms with E-state index in [1.807, 2.05) is 0 Å². The summed E-state index contributed by atoms with van der Waals surface area (Å²) in [6, 6.07) is 2.63. The number of hydrogen-bond donors (Lipinski definition) is 1. The summed E-state index contributed by atoms with van der Waals surface area (Å²) < 4.78 is 38.0. The predicted molar refractivity (Wildman–Crippen MR) is 74.4 cm³/mol. The third-order valence-electron chi connectivity index (χ3n) is 3.32. The van der Waals surface area contributed by atoms with Gasteiger partial charge in [-0.25, -0.2) is 8.78 Å². The quantitative estimate of drug-likeness (QED) is 0.873. The van der Waals surface area contributed by atoms with Crippen LogP contribution in [-0.2, 0) is 16.1 Å². The molecule has 0 aliphatic rings. The van der Waals surface area contributed by atoms with Crippen LogP contribution in [0.4, 0.5) is 8.78 Å². The first-order valence-corrected chi connectivity index (χ1v) is 6.39. The van der Waals surface area contributed by atoms with Gasteiger partial charge in [0.1, 0.15) is 0 Å². The van der Waals surface area contributed by atoms with Gasteiger partial charge in [0, 0.05) is 17.9 Å². The van der Waals surface area contributed by atoms with Crippen LogP contribution in [0.3, 0.4) is 0 Å². The van der Waals surface area contributed by atoms with Gasteiger partial charge >= 0.3 is 5.97 Å². The Morgan fingerprint density at radius 3 is 1.86 bits per heavy atom. The number of carboxylic acids is 1. The van der Waals surface area contributed by atoms with Gasteiger partial charge < -0.3 is 14.6 Å². The average Bonchev–Trinajstić information content (AvgIpc) is 2.34. The molecule has 6 heteroatoms. The topological polar surface area (TPSA) is 55.8 Å². The highest BCUT2D eigenvalue weighted by molar-refractivity contribution is 5.69. The Hall–Kier alpha value is -1.85. The normalized spacial score (nSPS) is 12.1. The van der Waals surface area contributed by atoms with Crippen LogP contribution >= 0.6 is 0 Å². The molecule has 0 heterocycles. The summed E-state index contributed by atoms with van der Waals surface area (Å²) in [6.07, 6.45) is -0.272. The zero-order valence-electron chi connectivity index (χ0n) is 12.8. The van der Waals surface area contributed by atoms with Gasteiger partial charge in [-0.2, -0.15) is 0 Å². The molecule has 0 aliphatic carbocycles. The molecule has 4 nitrogen and oxygen atoms in total. The van der Waals surface area contributed by atoms with E-state index in [4.69, 9.17) is 14.6 Å². The molecule has 0 fully saturated rings. The van der Waals surface area contributed by atoms with Crippen LogP contribution in [0.5, 0.6) is 11.5 Å². The highest BCUT2D eigenvalue weighted by Crippen LogP contribution is 2.43. The van der Waals surface area contributed by atoms with Gasteiger partial charge in [-0.3, -0.25) is 4.79 Å². The lowest BCUT2D eigenvalue weighted by Crippen LogP contribution is -2.26. The number of carbonyl (C=O) groups is 1. The molecule has 1 rings (SSSR count). The molecule has 1 aromatic carbocycles. The largest absolute Gasteiger partial charge is 0.493 e. The van der Waals surface area contributed by atoms with E-state index < -0.39 is 17.3 Å². The maximum absolute atomic E-state index is 13.9. The fourth-order valence-electron chi connectivity index (χ4n) is 2.28. The smallest absolute Gasteiger partial charge is 0.304 e. The lowest BCUT2D eigenvalue weighted by atomic mass is 9.77. The second-order valence-electron chi connectivity index (χ2n) is 5.60. The summed E-state index contributed by atoms with van der Waals surface area (Å²) >= 11 is 0. The van der Waals surface area contributed by atoms with Crippen molar-refractivity contribution in [2.24, 2.45) is 0 Å². The molecule has 118 valence electrons. The van der Waals surface area contributed by atoms with Crippen molar-refractivity contribution in [2.45, 2.75) is 38.5 Å². The first kappa shape index (κ1) is 17.2. The minimum absolute atomic E-state index is 0.184. The zero-order valence-corrected chi connectivity index (χ0v) is 12.8. The zero-order chi connectivity index (χ0) is 16.4. The number of aliphatic carboxylic acids is 1. The molecule has 0 radical (unpaired) electrons. The van der Waals surface area contributed by atoms with E-state index in [0.29, 0.717) is 5.75 Å². The minimum Gasteiger partial charge on any atom is -0.493 e. The maximum Gasteiger partial charge on any atom is 0.304 e. The van der Waals surface area contributed by atoms with Gasteiger partial charge in [0.25, 0.3) is 5.92 Å². The van der Waals surface area contributed by atoms with E-state index >= 15 is 0 Å². The first-order chi connectivity index (χ1) is 9.52. The minimum atomic E-state index is -3.12. The number of methoxy groups -OCH3 is 2. The summed E-state index contributed by atoms with van der Waals surface area (Å²) in [5, 5.41) is 8.99. The van der Waals surface area contributed by atoms with Gasteiger partial charge in [0.15, 0.2) is 11.5 Å². The monoisotopic (exact) mass is 302 g/mol. The summed E-state index contributed by atoms with van der Waals surface area (Å²) in [6.45, 7) is 3.99. The number of rotatable bonds is 6. The second kappa shape index (κ2) is 5.87. The summed E-state index contributed by atoms with van der Waals surface area (Å²) in [5.41, 5.74) is -0.999. The van der Waals surface area contributed by atoms with Crippen LogP contribution < -0.4 is 9.47 Å². The van der Waals surface area contributed by atoms with Crippen molar-refractivity contribution in [3.63, 3.8) is 0 Å². The molecule has 21 heavy (non-hydrogen) atoms. The number of alkyl halides is 2. The molecule has 0 spiro atoms. The highest BCUT2D eigenvalue weighted by Gasteiger charge is 2.36. The van der Waals surface area contributed by atoms with Crippen molar-refractivity contribution >= 4 is 5.97 Å². The third-order valence-corrected chi connectivity index (χ3v) is 3.32. The fourth-order valence-corrected chi connectivity index (χ4v) is 2.28. The third kappa shape index (κ3) is 3.83. The molecular formula is C15H20F2O4. The van der Waals surface area contributed by atoms with Crippen LogP contribution in [0.2, 0.25) is 0 Å². The first-order valence-electron chi connectivity index (χ1n) is 6.39. The van der Waals surface area contributed by atoms with Crippen LogP contribution in [0, 0.1) is 0 Å². The Bertz CT molecular complexity index is 533. The average molecular weight is 302 g/mol. The van der Waals surface area contributed by atoms with E-state index in [-0.39, 0.29) is 23.3 Å². The van der Waals surface area contributed by atoms with Crippen molar-refractivity contribution in [1.82, 2.24) is 0 Å². The van der Waals surface area contributed by atoms with Crippen LogP contribution in [0.15, 0.2) is 12.1 Å². The summed E-state index contributed by atoms with van der Waals surface area (Å²) in [7, 11) is 2.76. The van der Waals surface area contributed by atoms with E-state index in [9.17, 15) is 13.6 Å². The number of hydrogen-bond acceptors (Lipinski definition) is 3. The Morgan fingerprint density at radius 1 is 1.10 bits per heavy atom.